The minimum Gasteiger partial charge on any atom is -0.506 e. The lowest BCUT2D eigenvalue weighted by Gasteiger charge is -2.35. The van der Waals surface area contributed by atoms with Crippen LogP contribution in [0.15, 0.2) is 36.9 Å². The van der Waals surface area contributed by atoms with Crippen LogP contribution in [0.1, 0.15) is 10.5 Å². The summed E-state index contributed by atoms with van der Waals surface area (Å²) in [5, 5.41) is 9.20. The summed E-state index contributed by atoms with van der Waals surface area (Å²) in [6.07, 6.45) is 6.30. The Morgan fingerprint density at radius 3 is 2.48 bits per heavy atom. The van der Waals surface area contributed by atoms with Crippen molar-refractivity contribution >= 4 is 11.7 Å². The maximum Gasteiger partial charge on any atom is 0.272 e. The molecule has 0 atom stereocenters. The summed E-state index contributed by atoms with van der Waals surface area (Å²) in [5.41, 5.74) is 0.348. The Kier molecular flexibility index (Phi) is 3.63. The third-order valence-electron chi connectivity index (χ3n) is 3.41. The molecule has 1 amide bonds. The lowest BCUT2D eigenvalue weighted by Crippen LogP contribution is -2.49. The SMILES string of the molecule is O=C(c1ccc(O)cn1)N1CCN(c2cnccn2)CC1. The summed E-state index contributed by atoms with van der Waals surface area (Å²) in [7, 11) is 0. The van der Waals surface area contributed by atoms with Crippen LogP contribution in [0.4, 0.5) is 5.82 Å². The molecule has 1 aliphatic rings. The van der Waals surface area contributed by atoms with E-state index in [0.717, 1.165) is 5.82 Å². The highest BCUT2D eigenvalue weighted by Gasteiger charge is 2.23. The number of aromatic nitrogens is 3. The van der Waals surface area contributed by atoms with E-state index >= 15 is 0 Å². The molecule has 1 saturated heterocycles. The molecule has 0 aliphatic carbocycles. The Labute approximate surface area is 121 Å². The maximum atomic E-state index is 12.3. The van der Waals surface area contributed by atoms with Crippen molar-refractivity contribution in [2.75, 3.05) is 31.1 Å². The molecule has 2 aromatic heterocycles. The van der Waals surface area contributed by atoms with Gasteiger partial charge in [0.05, 0.1) is 12.4 Å². The molecule has 3 rings (SSSR count). The second-order valence-corrected chi connectivity index (χ2v) is 4.74. The van der Waals surface area contributed by atoms with Gasteiger partial charge in [-0.1, -0.05) is 0 Å². The van der Waals surface area contributed by atoms with Gasteiger partial charge in [-0.05, 0) is 12.1 Å². The predicted octanol–water partition coefficient (Wildman–Crippen LogP) is 0.540. The van der Waals surface area contributed by atoms with Gasteiger partial charge in [-0.25, -0.2) is 9.97 Å². The first-order valence-corrected chi connectivity index (χ1v) is 6.69. The largest absolute Gasteiger partial charge is 0.506 e. The van der Waals surface area contributed by atoms with Crippen molar-refractivity contribution < 1.29 is 9.90 Å². The smallest absolute Gasteiger partial charge is 0.272 e. The molecule has 0 unspecified atom stereocenters. The average molecular weight is 285 g/mol. The van der Waals surface area contributed by atoms with Gasteiger partial charge < -0.3 is 14.9 Å². The molecular weight excluding hydrogens is 270 g/mol. The standard InChI is InChI=1S/C14H15N5O2/c20-11-1-2-12(17-9-11)14(21)19-7-5-18(6-8-19)13-10-15-3-4-16-13/h1-4,9-10,20H,5-8H2. The minimum atomic E-state index is -0.117. The summed E-state index contributed by atoms with van der Waals surface area (Å²) in [4.78, 5) is 28.4. The first-order valence-electron chi connectivity index (χ1n) is 6.69. The third kappa shape index (κ3) is 2.91. The van der Waals surface area contributed by atoms with Crippen LogP contribution in [-0.2, 0) is 0 Å². The molecule has 21 heavy (non-hydrogen) atoms. The summed E-state index contributed by atoms with van der Waals surface area (Å²) < 4.78 is 0. The van der Waals surface area contributed by atoms with Gasteiger partial charge in [0.25, 0.3) is 5.91 Å². The van der Waals surface area contributed by atoms with E-state index in [9.17, 15) is 9.90 Å². The van der Waals surface area contributed by atoms with Crippen molar-refractivity contribution in [1.29, 1.82) is 0 Å². The maximum absolute atomic E-state index is 12.3. The quantitative estimate of drug-likeness (QED) is 0.867. The van der Waals surface area contributed by atoms with Crippen LogP contribution in [0, 0.1) is 0 Å². The number of amides is 1. The molecule has 7 nitrogen and oxygen atoms in total. The highest BCUT2D eigenvalue weighted by Crippen LogP contribution is 2.14. The zero-order valence-electron chi connectivity index (χ0n) is 11.4. The van der Waals surface area contributed by atoms with Crippen molar-refractivity contribution in [2.24, 2.45) is 0 Å². The Morgan fingerprint density at radius 1 is 1.05 bits per heavy atom. The summed E-state index contributed by atoms with van der Waals surface area (Å²) >= 11 is 0. The van der Waals surface area contributed by atoms with E-state index in [-0.39, 0.29) is 11.7 Å². The van der Waals surface area contributed by atoms with E-state index in [1.165, 1.54) is 18.3 Å². The predicted molar refractivity (Wildman–Crippen MR) is 76.1 cm³/mol. The van der Waals surface area contributed by atoms with Crippen LogP contribution in [0.5, 0.6) is 5.75 Å². The van der Waals surface area contributed by atoms with Gasteiger partial charge in [-0.15, -0.1) is 0 Å². The molecular formula is C14H15N5O2. The second-order valence-electron chi connectivity index (χ2n) is 4.74. The van der Waals surface area contributed by atoms with Gasteiger partial charge >= 0.3 is 0 Å². The summed E-state index contributed by atoms with van der Waals surface area (Å²) in [5.74, 6) is 0.764. The number of rotatable bonds is 2. The number of pyridine rings is 1. The number of piperazine rings is 1. The number of anilines is 1. The van der Waals surface area contributed by atoms with Gasteiger partial charge in [0, 0.05) is 38.6 Å². The monoisotopic (exact) mass is 285 g/mol. The number of carbonyl (C=O) groups excluding carboxylic acids is 1. The highest BCUT2D eigenvalue weighted by molar-refractivity contribution is 5.92. The van der Waals surface area contributed by atoms with Crippen LogP contribution < -0.4 is 4.90 Å². The number of carbonyl (C=O) groups is 1. The molecule has 0 aromatic carbocycles. The molecule has 0 spiro atoms. The topological polar surface area (TPSA) is 82.5 Å². The Bertz CT molecular complexity index is 609. The van der Waals surface area contributed by atoms with Crippen LogP contribution in [-0.4, -0.2) is 57.0 Å². The Balaban J connectivity index is 1.63. The number of hydrogen-bond acceptors (Lipinski definition) is 6. The molecule has 0 saturated carbocycles. The van der Waals surface area contributed by atoms with Crippen molar-refractivity contribution in [3.8, 4) is 5.75 Å². The Morgan fingerprint density at radius 2 is 1.86 bits per heavy atom. The number of aromatic hydroxyl groups is 1. The van der Waals surface area contributed by atoms with Gasteiger partial charge in [-0.3, -0.25) is 9.78 Å². The normalized spacial score (nSPS) is 15.0. The van der Waals surface area contributed by atoms with Crippen LogP contribution >= 0.6 is 0 Å². The number of nitrogens with zero attached hydrogens (tertiary/aromatic N) is 5. The van der Waals surface area contributed by atoms with E-state index in [2.05, 4.69) is 19.9 Å². The molecule has 7 heteroatoms. The van der Waals surface area contributed by atoms with E-state index in [4.69, 9.17) is 0 Å². The van der Waals surface area contributed by atoms with E-state index < -0.39 is 0 Å². The summed E-state index contributed by atoms with van der Waals surface area (Å²) in [6.45, 7) is 2.64. The molecule has 1 N–H and O–H groups in total. The lowest BCUT2D eigenvalue weighted by atomic mass is 10.2. The van der Waals surface area contributed by atoms with Crippen molar-refractivity contribution in [2.45, 2.75) is 0 Å². The highest BCUT2D eigenvalue weighted by atomic mass is 16.3. The van der Waals surface area contributed by atoms with Gasteiger partial charge in [0.2, 0.25) is 0 Å². The van der Waals surface area contributed by atoms with Gasteiger partial charge in [-0.2, -0.15) is 0 Å². The molecule has 0 radical (unpaired) electrons. The van der Waals surface area contributed by atoms with E-state index in [0.29, 0.717) is 31.9 Å². The number of hydrogen-bond donors (Lipinski definition) is 1. The van der Waals surface area contributed by atoms with Crippen molar-refractivity contribution in [3.05, 3.63) is 42.6 Å². The fourth-order valence-electron chi connectivity index (χ4n) is 2.27. The van der Waals surface area contributed by atoms with Crippen molar-refractivity contribution in [3.63, 3.8) is 0 Å². The molecule has 3 heterocycles. The lowest BCUT2D eigenvalue weighted by molar-refractivity contribution is 0.0740. The molecule has 108 valence electrons. The summed E-state index contributed by atoms with van der Waals surface area (Å²) in [6, 6.07) is 3.00. The first-order chi connectivity index (χ1) is 10.2. The van der Waals surface area contributed by atoms with Gasteiger partial charge in [0.1, 0.15) is 17.3 Å². The first kappa shape index (κ1) is 13.3. The second kappa shape index (κ2) is 5.74. The molecule has 1 fully saturated rings. The van der Waals surface area contributed by atoms with Crippen LogP contribution in [0.25, 0.3) is 0 Å². The zero-order chi connectivity index (χ0) is 14.7. The Hall–Kier alpha value is -2.70. The van der Waals surface area contributed by atoms with Crippen molar-refractivity contribution in [1.82, 2.24) is 19.9 Å². The van der Waals surface area contributed by atoms with Crippen LogP contribution in [0.2, 0.25) is 0 Å². The minimum absolute atomic E-state index is 0.0546. The third-order valence-corrected chi connectivity index (χ3v) is 3.41. The zero-order valence-corrected chi connectivity index (χ0v) is 11.4. The molecule has 0 bridgehead atoms. The fourth-order valence-corrected chi connectivity index (χ4v) is 2.27. The van der Waals surface area contributed by atoms with Crippen LogP contribution in [0.3, 0.4) is 0 Å². The molecule has 2 aromatic rings. The molecule has 1 aliphatic heterocycles. The van der Waals surface area contributed by atoms with E-state index in [1.54, 1.807) is 23.5 Å². The fraction of sp³-hybridized carbons (Fsp3) is 0.286. The van der Waals surface area contributed by atoms with Gasteiger partial charge in [0.15, 0.2) is 0 Å². The average Bonchev–Trinajstić information content (AvgIpc) is 2.56. The van der Waals surface area contributed by atoms with E-state index in [1.807, 2.05) is 0 Å².